The lowest BCUT2D eigenvalue weighted by Gasteiger charge is -2.28. The smallest absolute Gasteiger partial charge is 0.245 e. The Morgan fingerprint density at radius 3 is 2.43 bits per heavy atom. The highest BCUT2D eigenvalue weighted by molar-refractivity contribution is 5.87. The molecule has 7 nitrogen and oxygen atoms in total. The first-order chi connectivity index (χ1) is 14.4. The molecule has 0 heterocycles. The molecular formula is C23H40N3O4+. The summed E-state index contributed by atoms with van der Waals surface area (Å²) in [6, 6.07) is 5.27. The number of amides is 2. The third-order valence-electron chi connectivity index (χ3n) is 5.51. The van der Waals surface area contributed by atoms with E-state index in [4.69, 9.17) is 9.47 Å². The molecule has 7 heteroatoms. The van der Waals surface area contributed by atoms with Crippen LogP contribution in [0.25, 0.3) is 0 Å². The number of hydrogen-bond acceptors (Lipinski definition) is 4. The fourth-order valence-electron chi connectivity index (χ4n) is 3.25. The molecule has 0 saturated heterocycles. The largest absolute Gasteiger partial charge is 0.493 e. The fraction of sp³-hybridized carbons (Fsp3) is 0.652. The third-order valence-corrected chi connectivity index (χ3v) is 5.51. The first-order valence-corrected chi connectivity index (χ1v) is 10.9. The molecule has 0 fully saturated rings. The standard InChI is InChI=1S/C23H39N3O4/c1-6-17(2)22(25-21(27)10-8-7-9-14-24)23(28)26(3)15-13-18-11-12-19(29-4)20(16-18)30-5/h11-12,16-17,22H,6-10,13-15,24H2,1-5H3,(H,25,27)/p+1/t17-,22+/m1/s1. The summed E-state index contributed by atoms with van der Waals surface area (Å²) < 4.78 is 10.6. The Balaban J connectivity index is 2.69. The van der Waals surface area contributed by atoms with Crippen LogP contribution in [0.15, 0.2) is 18.2 Å². The normalized spacial score (nSPS) is 12.7. The van der Waals surface area contributed by atoms with E-state index in [0.717, 1.165) is 37.8 Å². The number of methoxy groups -OCH3 is 2. The maximum Gasteiger partial charge on any atom is 0.245 e. The number of quaternary nitrogens is 1. The lowest BCUT2D eigenvalue weighted by atomic mass is 9.97. The van der Waals surface area contributed by atoms with E-state index in [-0.39, 0.29) is 17.7 Å². The predicted molar refractivity (Wildman–Crippen MR) is 118 cm³/mol. The topological polar surface area (TPSA) is 95.5 Å². The second-order valence-corrected chi connectivity index (χ2v) is 7.79. The van der Waals surface area contributed by atoms with Crippen molar-refractivity contribution < 1.29 is 24.8 Å². The van der Waals surface area contributed by atoms with E-state index in [9.17, 15) is 9.59 Å². The van der Waals surface area contributed by atoms with E-state index in [2.05, 4.69) is 11.1 Å². The SMILES string of the molecule is CC[C@@H](C)[C@H](NC(=O)CCCCC[NH3+])C(=O)N(C)CCc1ccc(OC)c(OC)c1. The van der Waals surface area contributed by atoms with Crippen molar-refractivity contribution in [2.75, 3.05) is 34.4 Å². The van der Waals surface area contributed by atoms with Crippen LogP contribution in [-0.4, -0.2) is 57.1 Å². The summed E-state index contributed by atoms with van der Waals surface area (Å²) >= 11 is 0. The van der Waals surface area contributed by atoms with Crippen molar-refractivity contribution in [1.29, 1.82) is 0 Å². The van der Waals surface area contributed by atoms with E-state index >= 15 is 0 Å². The van der Waals surface area contributed by atoms with Crippen LogP contribution >= 0.6 is 0 Å². The molecule has 0 radical (unpaired) electrons. The van der Waals surface area contributed by atoms with Crippen LogP contribution < -0.4 is 20.5 Å². The van der Waals surface area contributed by atoms with Crippen LogP contribution in [0.1, 0.15) is 51.5 Å². The molecule has 0 aliphatic carbocycles. The Morgan fingerprint density at radius 2 is 1.83 bits per heavy atom. The Hall–Kier alpha value is -2.28. The molecule has 1 rings (SSSR count). The van der Waals surface area contributed by atoms with Crippen LogP contribution in [0.3, 0.4) is 0 Å². The van der Waals surface area contributed by atoms with Crippen molar-refractivity contribution >= 4 is 11.8 Å². The van der Waals surface area contributed by atoms with Gasteiger partial charge in [-0.25, -0.2) is 0 Å². The Labute approximate surface area is 181 Å². The molecule has 1 aromatic rings. The summed E-state index contributed by atoms with van der Waals surface area (Å²) in [5.41, 5.74) is 4.88. The zero-order chi connectivity index (χ0) is 22.5. The number of rotatable bonds is 14. The van der Waals surface area contributed by atoms with Gasteiger partial charge in [0.2, 0.25) is 11.8 Å². The zero-order valence-electron chi connectivity index (χ0n) is 19.3. The van der Waals surface area contributed by atoms with Crippen LogP contribution in [0.4, 0.5) is 0 Å². The van der Waals surface area contributed by atoms with Gasteiger partial charge in [-0.05, 0) is 49.3 Å². The van der Waals surface area contributed by atoms with Crippen LogP contribution in [0.2, 0.25) is 0 Å². The molecule has 0 spiro atoms. The van der Waals surface area contributed by atoms with Gasteiger partial charge in [0.15, 0.2) is 11.5 Å². The summed E-state index contributed by atoms with van der Waals surface area (Å²) in [6.45, 7) is 5.49. The van der Waals surface area contributed by atoms with Crippen molar-refractivity contribution in [1.82, 2.24) is 10.2 Å². The van der Waals surface area contributed by atoms with Gasteiger partial charge in [0.05, 0.1) is 20.8 Å². The number of carbonyl (C=O) groups is 2. The van der Waals surface area contributed by atoms with Crippen LogP contribution in [0.5, 0.6) is 11.5 Å². The molecule has 0 aliphatic rings. The fourth-order valence-corrected chi connectivity index (χ4v) is 3.25. The molecule has 1 aromatic carbocycles. The Morgan fingerprint density at radius 1 is 1.13 bits per heavy atom. The maximum absolute atomic E-state index is 13.1. The van der Waals surface area contributed by atoms with Gasteiger partial charge in [0, 0.05) is 20.0 Å². The van der Waals surface area contributed by atoms with E-state index in [1.165, 1.54) is 0 Å². The number of hydrogen-bond donors (Lipinski definition) is 2. The molecule has 0 saturated carbocycles. The van der Waals surface area contributed by atoms with Gasteiger partial charge in [-0.3, -0.25) is 9.59 Å². The lowest BCUT2D eigenvalue weighted by molar-refractivity contribution is -0.368. The number of nitrogens with zero attached hydrogens (tertiary/aromatic N) is 1. The van der Waals surface area contributed by atoms with Gasteiger partial charge >= 0.3 is 0 Å². The van der Waals surface area contributed by atoms with E-state index in [1.807, 2.05) is 32.0 Å². The van der Waals surface area contributed by atoms with E-state index in [1.54, 1.807) is 26.2 Å². The van der Waals surface area contributed by atoms with Crippen LogP contribution in [-0.2, 0) is 16.0 Å². The average molecular weight is 423 g/mol. The van der Waals surface area contributed by atoms with Crippen molar-refractivity contribution in [2.45, 2.75) is 58.4 Å². The van der Waals surface area contributed by atoms with Gasteiger partial charge in [-0.2, -0.15) is 0 Å². The highest BCUT2D eigenvalue weighted by Gasteiger charge is 2.28. The van der Waals surface area contributed by atoms with Crippen molar-refractivity contribution in [3.8, 4) is 11.5 Å². The van der Waals surface area contributed by atoms with Gasteiger partial charge in [-0.15, -0.1) is 0 Å². The predicted octanol–water partition coefficient (Wildman–Crippen LogP) is 2.04. The quantitative estimate of drug-likeness (QED) is 0.449. The average Bonchev–Trinajstić information content (AvgIpc) is 2.77. The summed E-state index contributed by atoms with van der Waals surface area (Å²) in [7, 11) is 5.00. The molecular weight excluding hydrogens is 382 g/mol. The second kappa shape index (κ2) is 13.9. The molecule has 170 valence electrons. The molecule has 2 amide bonds. The van der Waals surface area contributed by atoms with E-state index < -0.39 is 6.04 Å². The molecule has 30 heavy (non-hydrogen) atoms. The molecule has 4 N–H and O–H groups in total. The number of benzene rings is 1. The van der Waals surface area contributed by atoms with Gasteiger partial charge in [0.25, 0.3) is 0 Å². The van der Waals surface area contributed by atoms with Crippen molar-refractivity contribution in [2.24, 2.45) is 5.92 Å². The number of nitrogens with one attached hydrogen (secondary N) is 1. The van der Waals surface area contributed by atoms with Gasteiger partial charge < -0.3 is 25.4 Å². The maximum atomic E-state index is 13.1. The summed E-state index contributed by atoms with van der Waals surface area (Å²) in [5.74, 6) is 1.33. The zero-order valence-corrected chi connectivity index (χ0v) is 19.3. The monoisotopic (exact) mass is 422 g/mol. The van der Waals surface area contributed by atoms with Gasteiger partial charge in [0.1, 0.15) is 6.04 Å². The highest BCUT2D eigenvalue weighted by Crippen LogP contribution is 2.27. The van der Waals surface area contributed by atoms with Crippen molar-refractivity contribution in [3.63, 3.8) is 0 Å². The minimum atomic E-state index is -0.495. The minimum Gasteiger partial charge on any atom is -0.493 e. The number of carbonyl (C=O) groups excluding carboxylic acids is 2. The Kier molecular flexibility index (Phi) is 11.9. The summed E-state index contributed by atoms with van der Waals surface area (Å²) in [6.07, 6.45) is 4.81. The summed E-state index contributed by atoms with van der Waals surface area (Å²) in [4.78, 5) is 27.1. The summed E-state index contributed by atoms with van der Waals surface area (Å²) in [5, 5.41) is 2.97. The first-order valence-electron chi connectivity index (χ1n) is 10.9. The molecule has 0 aliphatic heterocycles. The molecule has 0 bridgehead atoms. The lowest BCUT2D eigenvalue weighted by Crippen LogP contribution is -2.51. The number of likely N-dealkylation sites (N-methyl/N-ethyl adjacent to an activating group) is 1. The molecule has 0 aromatic heterocycles. The first kappa shape index (κ1) is 25.8. The third kappa shape index (κ3) is 8.22. The molecule has 0 unspecified atom stereocenters. The Bertz CT molecular complexity index is 666. The molecule has 2 atom stereocenters. The minimum absolute atomic E-state index is 0.0454. The number of unbranched alkanes of at least 4 members (excludes halogenated alkanes) is 2. The van der Waals surface area contributed by atoms with Crippen LogP contribution in [0, 0.1) is 5.92 Å². The number of ether oxygens (including phenoxy) is 2. The van der Waals surface area contributed by atoms with Gasteiger partial charge in [-0.1, -0.05) is 26.3 Å². The van der Waals surface area contributed by atoms with Crippen molar-refractivity contribution in [3.05, 3.63) is 23.8 Å². The van der Waals surface area contributed by atoms with E-state index in [0.29, 0.717) is 30.9 Å². The second-order valence-electron chi connectivity index (χ2n) is 7.79. The highest BCUT2D eigenvalue weighted by atomic mass is 16.5.